The molecule has 0 aromatic carbocycles. The first-order valence-electron chi connectivity index (χ1n) is 16.8. The number of esters is 2. The standard InChI is InChI=1S/C34H44N2O10S3/c1-7-17(3)27(37)19(5)29(39)45-23-9-11-43-15-21-13-33-32(42)36-26-22(14-34(36,48-49-47-33)31(41)35(33)25(21)23)16-44-12-10-24(26)46-30(40)20(6)28(38)18(4)8-2/h9-12,15-20,23-28,37-38H,7-8,13-14H2,1-6H3/t17?,18?,19?,20?,23-,24-,25-,26-,27?,28?,33-,34-/m0/s1. The van der Waals surface area contributed by atoms with Crippen molar-refractivity contribution in [2.45, 2.75) is 113 Å². The Labute approximate surface area is 297 Å². The summed E-state index contributed by atoms with van der Waals surface area (Å²) in [6.07, 6.45) is 6.75. The van der Waals surface area contributed by atoms with E-state index in [1.807, 2.05) is 27.7 Å². The fourth-order valence-electron chi connectivity index (χ4n) is 7.45. The van der Waals surface area contributed by atoms with Crippen LogP contribution in [-0.2, 0) is 38.1 Å². The summed E-state index contributed by atoms with van der Waals surface area (Å²) in [6, 6.07) is -1.66. The monoisotopic (exact) mass is 736 g/mol. The number of piperazine rings is 1. The highest BCUT2D eigenvalue weighted by molar-refractivity contribution is 9.10. The summed E-state index contributed by atoms with van der Waals surface area (Å²) >= 11 is 0. The van der Waals surface area contributed by atoms with Crippen molar-refractivity contribution in [3.63, 3.8) is 0 Å². The maximum Gasteiger partial charge on any atom is 0.311 e. The van der Waals surface area contributed by atoms with Gasteiger partial charge >= 0.3 is 11.9 Å². The molecule has 7 aliphatic rings. The number of carbonyl (C=O) groups excluding carboxylic acids is 4. The van der Waals surface area contributed by atoms with Gasteiger partial charge in [-0.3, -0.25) is 19.2 Å². The van der Waals surface area contributed by atoms with E-state index in [2.05, 4.69) is 0 Å². The molecular formula is C34H44N2O10S3. The Morgan fingerprint density at radius 1 is 0.796 bits per heavy atom. The van der Waals surface area contributed by atoms with Crippen molar-refractivity contribution in [3.8, 4) is 0 Å². The van der Waals surface area contributed by atoms with E-state index >= 15 is 9.59 Å². The predicted octanol–water partition coefficient (Wildman–Crippen LogP) is 4.40. The molecule has 15 heteroatoms. The summed E-state index contributed by atoms with van der Waals surface area (Å²) in [5, 5.41) is 21.5. The van der Waals surface area contributed by atoms with Gasteiger partial charge in [-0.05, 0) is 80.4 Å². The average Bonchev–Trinajstić information content (AvgIpc) is 3.33. The lowest BCUT2D eigenvalue weighted by atomic mass is 9.91. The number of amides is 2. The van der Waals surface area contributed by atoms with Crippen LogP contribution in [0.3, 0.4) is 0 Å². The van der Waals surface area contributed by atoms with E-state index < -0.39 is 70.0 Å². The molecule has 6 unspecified atom stereocenters. The van der Waals surface area contributed by atoms with E-state index in [-0.39, 0.29) is 36.5 Å². The maximum absolute atomic E-state index is 15.0. The Kier molecular flexibility index (Phi) is 10.2. The van der Waals surface area contributed by atoms with E-state index in [4.69, 9.17) is 18.9 Å². The highest BCUT2D eigenvalue weighted by Crippen LogP contribution is 2.69. The van der Waals surface area contributed by atoms with Crippen molar-refractivity contribution in [1.82, 2.24) is 9.80 Å². The highest BCUT2D eigenvalue weighted by atomic mass is 33.5. The average molecular weight is 737 g/mol. The molecule has 2 spiro atoms. The second-order valence-electron chi connectivity index (χ2n) is 13.8. The molecule has 12 atom stereocenters. The van der Waals surface area contributed by atoms with Gasteiger partial charge in [-0.1, -0.05) is 40.5 Å². The molecular weight excluding hydrogens is 693 g/mol. The maximum atomic E-state index is 15.0. The number of aliphatic hydroxyl groups excluding tert-OH is 2. The quantitative estimate of drug-likeness (QED) is 0.241. The van der Waals surface area contributed by atoms with Gasteiger partial charge in [0.25, 0.3) is 11.8 Å². The molecule has 5 saturated heterocycles. The minimum absolute atomic E-state index is 0.120. The smallest absolute Gasteiger partial charge is 0.311 e. The van der Waals surface area contributed by atoms with E-state index in [0.29, 0.717) is 24.0 Å². The van der Waals surface area contributed by atoms with Gasteiger partial charge in [0.1, 0.15) is 12.2 Å². The molecule has 7 aliphatic heterocycles. The van der Waals surface area contributed by atoms with Crippen LogP contribution < -0.4 is 0 Å². The molecule has 7 rings (SSSR count). The highest BCUT2D eigenvalue weighted by Gasteiger charge is 2.76. The number of hydrogen-bond acceptors (Lipinski definition) is 13. The van der Waals surface area contributed by atoms with Gasteiger partial charge in [0, 0.05) is 12.8 Å². The van der Waals surface area contributed by atoms with Crippen molar-refractivity contribution < 1.29 is 48.3 Å². The van der Waals surface area contributed by atoms with Crippen LogP contribution in [0.4, 0.5) is 0 Å². The van der Waals surface area contributed by atoms with E-state index in [1.54, 1.807) is 35.8 Å². The molecule has 0 aromatic heterocycles. The lowest BCUT2D eigenvalue weighted by molar-refractivity contribution is -0.174. The fraction of sp³-hybridized carbons (Fsp3) is 0.647. The van der Waals surface area contributed by atoms with E-state index in [0.717, 1.165) is 0 Å². The van der Waals surface area contributed by atoms with Crippen LogP contribution in [0.15, 0.2) is 48.3 Å². The Morgan fingerprint density at radius 2 is 1.18 bits per heavy atom. The van der Waals surface area contributed by atoms with Crippen molar-refractivity contribution in [3.05, 3.63) is 48.3 Å². The third-order valence-corrected chi connectivity index (χ3v) is 15.9. The van der Waals surface area contributed by atoms with Crippen LogP contribution in [0.2, 0.25) is 0 Å². The van der Waals surface area contributed by atoms with Gasteiger partial charge in [0.15, 0.2) is 9.74 Å². The fourth-order valence-corrected chi connectivity index (χ4v) is 13.4. The van der Waals surface area contributed by atoms with Crippen molar-refractivity contribution in [1.29, 1.82) is 0 Å². The SMILES string of the molecule is CCC(C)C(O)C(C)C(=O)O[C@H]1C=COC=C2C[C@]34SSS[C@@]5(CC6=COC=C[C@H](OC(=O)C(C)C(O)C(C)CC)[C@H]6N5C3=O)C(=O)N4[C@@H]21. The second-order valence-corrected chi connectivity index (χ2v) is 18.3. The summed E-state index contributed by atoms with van der Waals surface area (Å²) in [7, 11) is 3.90. The van der Waals surface area contributed by atoms with Gasteiger partial charge in [-0.25, -0.2) is 0 Å². The second kappa shape index (κ2) is 13.9. The van der Waals surface area contributed by atoms with Crippen LogP contribution in [0, 0.1) is 23.7 Å². The first-order chi connectivity index (χ1) is 23.3. The van der Waals surface area contributed by atoms with Gasteiger partial charge < -0.3 is 39.0 Å². The number of ether oxygens (including phenoxy) is 4. The largest absolute Gasteiger partial charge is 0.473 e. The summed E-state index contributed by atoms with van der Waals surface area (Å²) in [6.45, 7) is 10.8. The van der Waals surface area contributed by atoms with E-state index in [9.17, 15) is 19.8 Å². The zero-order chi connectivity index (χ0) is 35.4. The van der Waals surface area contributed by atoms with E-state index in [1.165, 1.54) is 56.5 Å². The molecule has 5 fully saturated rings. The Morgan fingerprint density at radius 3 is 1.55 bits per heavy atom. The molecule has 7 heterocycles. The Hall–Kier alpha value is -2.59. The Bertz CT molecular complexity index is 1390. The lowest BCUT2D eigenvalue weighted by Gasteiger charge is -2.51. The molecule has 268 valence electrons. The number of nitrogens with zero attached hydrogens (tertiary/aromatic N) is 2. The van der Waals surface area contributed by atoms with Gasteiger partial charge in [0.2, 0.25) is 0 Å². The first kappa shape index (κ1) is 36.2. The van der Waals surface area contributed by atoms with Gasteiger partial charge in [0.05, 0.1) is 61.2 Å². The number of hydrogen-bond donors (Lipinski definition) is 2. The zero-order valence-electron chi connectivity index (χ0n) is 28.3. The van der Waals surface area contributed by atoms with Gasteiger partial charge in [-0.2, -0.15) is 0 Å². The van der Waals surface area contributed by atoms with Crippen LogP contribution in [-0.4, -0.2) is 90.0 Å². The first-order valence-corrected chi connectivity index (χ1v) is 20.3. The summed E-state index contributed by atoms with van der Waals surface area (Å²) in [5.41, 5.74) is 1.23. The number of rotatable bonds is 10. The number of aliphatic hydroxyl groups is 2. The summed E-state index contributed by atoms with van der Waals surface area (Å²) in [5.74, 6) is -3.81. The summed E-state index contributed by atoms with van der Waals surface area (Å²) < 4.78 is 23.3. The number of fused-ring (bicyclic) bond motifs is 4. The third kappa shape index (κ3) is 5.81. The molecule has 0 aliphatic carbocycles. The van der Waals surface area contributed by atoms with Crippen LogP contribution in [0.25, 0.3) is 0 Å². The van der Waals surface area contributed by atoms with Crippen LogP contribution in [0.1, 0.15) is 67.2 Å². The normalized spacial score (nSPS) is 34.9. The predicted molar refractivity (Wildman–Crippen MR) is 184 cm³/mol. The van der Waals surface area contributed by atoms with Crippen LogP contribution in [0.5, 0.6) is 0 Å². The number of carbonyl (C=O) groups is 4. The van der Waals surface area contributed by atoms with Crippen LogP contribution >= 0.6 is 31.4 Å². The molecule has 49 heavy (non-hydrogen) atoms. The molecule has 0 radical (unpaired) electrons. The summed E-state index contributed by atoms with van der Waals surface area (Å²) in [4.78, 5) is 57.2. The van der Waals surface area contributed by atoms with Crippen molar-refractivity contribution in [2.75, 3.05) is 0 Å². The minimum atomic E-state index is -1.41. The molecule has 12 nitrogen and oxygen atoms in total. The van der Waals surface area contributed by atoms with Gasteiger partial charge in [-0.15, -0.1) is 0 Å². The molecule has 2 bridgehead atoms. The minimum Gasteiger partial charge on any atom is -0.473 e. The topological polar surface area (TPSA) is 152 Å². The van der Waals surface area contributed by atoms with Crippen molar-refractivity contribution >= 4 is 55.2 Å². The van der Waals surface area contributed by atoms with Crippen molar-refractivity contribution in [2.24, 2.45) is 23.7 Å². The molecule has 0 aromatic rings. The molecule has 0 saturated carbocycles. The lowest BCUT2D eigenvalue weighted by Crippen LogP contribution is -2.73. The third-order valence-electron chi connectivity index (χ3n) is 10.9. The molecule has 2 N–H and O–H groups in total. The zero-order valence-corrected chi connectivity index (χ0v) is 30.8. The molecule has 2 amide bonds. The Balaban J connectivity index is 1.33.